The van der Waals surface area contributed by atoms with Gasteiger partial charge in [0.15, 0.2) is 0 Å². The summed E-state index contributed by atoms with van der Waals surface area (Å²) in [6.45, 7) is 0. The van der Waals surface area contributed by atoms with E-state index in [2.05, 4.69) is 9.97 Å². The Bertz CT molecular complexity index is 1010. The van der Waals surface area contributed by atoms with Gasteiger partial charge in [-0.05, 0) is 35.9 Å². The number of phosphoric acid groups is 1. The maximum absolute atomic E-state index is 11.8. The summed E-state index contributed by atoms with van der Waals surface area (Å²) in [4.78, 5) is 41.0. The lowest BCUT2D eigenvalue weighted by Gasteiger charge is -1.98. The summed E-state index contributed by atoms with van der Waals surface area (Å²) in [5.74, 6) is 1.09. The third-order valence-electron chi connectivity index (χ3n) is 3.49. The first-order chi connectivity index (χ1) is 13.2. The van der Waals surface area contributed by atoms with Crippen molar-refractivity contribution in [3.05, 3.63) is 59.4 Å². The Balaban J connectivity index is 0.000000500. The molecule has 1 heterocycles. The number of fused-ring (bicyclic) bond motifs is 1. The maximum atomic E-state index is 11.8. The molecule has 0 bridgehead atoms. The largest absolute Gasteiger partial charge is 0.497 e. The van der Waals surface area contributed by atoms with E-state index in [1.807, 2.05) is 42.5 Å². The lowest BCUT2D eigenvalue weighted by Crippen LogP contribution is -2.01. The van der Waals surface area contributed by atoms with Crippen molar-refractivity contribution in [2.75, 3.05) is 14.2 Å². The summed E-state index contributed by atoms with van der Waals surface area (Å²) in [5.41, 5.74) is 2.88. The van der Waals surface area contributed by atoms with Crippen molar-refractivity contribution in [2.45, 2.75) is 0 Å². The number of carbonyl (C=O) groups excluding carboxylic acids is 1. The number of imidazole rings is 1. The zero-order valence-corrected chi connectivity index (χ0v) is 16.0. The molecule has 148 valence electrons. The van der Waals surface area contributed by atoms with E-state index in [0.29, 0.717) is 16.9 Å². The molecule has 4 N–H and O–H groups in total. The fourth-order valence-electron chi connectivity index (χ4n) is 2.30. The number of nitrogens with one attached hydrogen (secondary N) is 1. The van der Waals surface area contributed by atoms with Crippen LogP contribution in [0, 0.1) is 0 Å². The van der Waals surface area contributed by atoms with Crippen molar-refractivity contribution >= 4 is 37.0 Å². The Morgan fingerprint density at radius 2 is 1.71 bits per heavy atom. The van der Waals surface area contributed by atoms with Crippen LogP contribution in [-0.2, 0) is 9.30 Å². The molecule has 0 atom stereocenters. The van der Waals surface area contributed by atoms with Gasteiger partial charge in [-0.3, -0.25) is 0 Å². The molecule has 0 spiro atoms. The van der Waals surface area contributed by atoms with E-state index >= 15 is 0 Å². The first-order valence-corrected chi connectivity index (χ1v) is 9.45. The fraction of sp³-hybridized carbons (Fsp3) is 0.111. The molecule has 10 heteroatoms. The number of methoxy groups -OCH3 is 2. The Hall–Kier alpha value is -2.97. The standard InChI is InChI=1S/C18H16N2O3.H3O4P/c1-22-13-9-6-12(7-10-13)8-11-16-19-15-5-3-4-14(17(15)20-16)18(21)23-2;1-5(2,3)4/h3-11H,1-2H3,(H,19,20);(H3,1,2,3,4)/b11-8+;. The minimum atomic E-state index is -4.64. The fourth-order valence-corrected chi connectivity index (χ4v) is 2.30. The number of rotatable bonds is 4. The number of carbonyl (C=O) groups is 1. The van der Waals surface area contributed by atoms with Crippen LogP contribution in [0.3, 0.4) is 0 Å². The third-order valence-corrected chi connectivity index (χ3v) is 3.49. The number of aromatic nitrogens is 2. The SMILES string of the molecule is COC(=O)c1cccc2[nH]c(/C=C/c3ccc(OC)cc3)nc12.O=P(O)(O)O. The predicted molar refractivity (Wildman–Crippen MR) is 104 cm³/mol. The molecule has 0 saturated carbocycles. The van der Waals surface area contributed by atoms with Gasteiger partial charge in [-0.1, -0.05) is 24.3 Å². The predicted octanol–water partition coefficient (Wildman–Crippen LogP) is 2.60. The van der Waals surface area contributed by atoms with Crippen LogP contribution in [0.2, 0.25) is 0 Å². The summed E-state index contributed by atoms with van der Waals surface area (Å²) < 4.78 is 18.8. The second-order valence-corrected chi connectivity index (χ2v) is 6.46. The van der Waals surface area contributed by atoms with Gasteiger partial charge in [0.1, 0.15) is 17.1 Å². The lowest BCUT2D eigenvalue weighted by molar-refractivity contribution is 0.0602. The van der Waals surface area contributed by atoms with Crippen molar-refractivity contribution in [3.63, 3.8) is 0 Å². The zero-order valence-electron chi connectivity index (χ0n) is 15.1. The molecule has 0 amide bonds. The van der Waals surface area contributed by atoms with Gasteiger partial charge in [0, 0.05) is 0 Å². The van der Waals surface area contributed by atoms with Crippen molar-refractivity contribution in [3.8, 4) is 5.75 Å². The normalized spacial score (nSPS) is 11.2. The van der Waals surface area contributed by atoms with E-state index < -0.39 is 13.8 Å². The summed E-state index contributed by atoms with van der Waals surface area (Å²) >= 11 is 0. The average molecular weight is 406 g/mol. The van der Waals surface area contributed by atoms with Gasteiger partial charge in [-0.2, -0.15) is 0 Å². The van der Waals surface area contributed by atoms with Gasteiger partial charge >= 0.3 is 13.8 Å². The van der Waals surface area contributed by atoms with Gasteiger partial charge in [0.25, 0.3) is 0 Å². The van der Waals surface area contributed by atoms with Crippen LogP contribution in [0.5, 0.6) is 5.75 Å². The molecule has 0 unspecified atom stereocenters. The molecular weight excluding hydrogens is 387 g/mol. The molecule has 0 saturated heterocycles. The Kier molecular flexibility index (Phi) is 7.08. The number of esters is 1. The van der Waals surface area contributed by atoms with Gasteiger partial charge < -0.3 is 29.1 Å². The van der Waals surface area contributed by atoms with Crippen molar-refractivity contribution in [2.24, 2.45) is 0 Å². The summed E-state index contributed by atoms with van der Waals surface area (Å²) in [6.07, 6.45) is 3.80. The summed E-state index contributed by atoms with van der Waals surface area (Å²) in [7, 11) is -1.64. The molecule has 9 nitrogen and oxygen atoms in total. The van der Waals surface area contributed by atoms with Gasteiger partial charge in [-0.15, -0.1) is 0 Å². The Morgan fingerprint density at radius 3 is 2.29 bits per heavy atom. The van der Waals surface area contributed by atoms with E-state index in [1.165, 1.54) is 7.11 Å². The second kappa shape index (κ2) is 9.29. The molecule has 0 fully saturated rings. The topological polar surface area (TPSA) is 142 Å². The van der Waals surface area contributed by atoms with Crippen LogP contribution in [0.4, 0.5) is 0 Å². The summed E-state index contributed by atoms with van der Waals surface area (Å²) in [6, 6.07) is 13.1. The van der Waals surface area contributed by atoms with Crippen LogP contribution in [0.1, 0.15) is 21.7 Å². The molecule has 2 aromatic carbocycles. The molecule has 0 radical (unpaired) electrons. The average Bonchev–Trinajstić information content (AvgIpc) is 3.08. The van der Waals surface area contributed by atoms with Crippen LogP contribution in [-0.4, -0.2) is 44.8 Å². The van der Waals surface area contributed by atoms with E-state index in [-0.39, 0.29) is 0 Å². The highest BCUT2D eigenvalue weighted by atomic mass is 31.2. The van der Waals surface area contributed by atoms with Gasteiger partial charge in [0.2, 0.25) is 0 Å². The quantitative estimate of drug-likeness (QED) is 0.383. The highest BCUT2D eigenvalue weighted by molar-refractivity contribution is 7.45. The van der Waals surface area contributed by atoms with Crippen molar-refractivity contribution < 1.29 is 33.5 Å². The van der Waals surface area contributed by atoms with Gasteiger partial charge in [-0.25, -0.2) is 14.3 Å². The van der Waals surface area contributed by atoms with E-state index in [9.17, 15) is 4.79 Å². The zero-order chi connectivity index (χ0) is 20.7. The number of hydrogen-bond acceptors (Lipinski definition) is 5. The lowest BCUT2D eigenvalue weighted by atomic mass is 10.2. The number of nitrogens with zero attached hydrogens (tertiary/aromatic N) is 1. The number of H-pyrrole nitrogens is 1. The van der Waals surface area contributed by atoms with E-state index in [1.54, 1.807) is 19.2 Å². The first-order valence-electron chi connectivity index (χ1n) is 7.88. The third kappa shape index (κ3) is 6.33. The number of ether oxygens (including phenoxy) is 2. The monoisotopic (exact) mass is 406 g/mol. The molecule has 3 aromatic rings. The minimum Gasteiger partial charge on any atom is -0.497 e. The Labute approximate surface area is 160 Å². The second-order valence-electron chi connectivity index (χ2n) is 5.44. The van der Waals surface area contributed by atoms with Crippen molar-refractivity contribution in [1.29, 1.82) is 0 Å². The highest BCUT2D eigenvalue weighted by Crippen LogP contribution is 2.25. The van der Waals surface area contributed by atoms with Crippen LogP contribution in [0.15, 0.2) is 42.5 Å². The van der Waals surface area contributed by atoms with E-state index in [0.717, 1.165) is 16.8 Å². The first kappa shape index (κ1) is 21.3. The van der Waals surface area contributed by atoms with Crippen LogP contribution in [0.25, 0.3) is 23.2 Å². The molecule has 0 aliphatic heterocycles. The molecule has 1 aromatic heterocycles. The molecule has 3 rings (SSSR count). The van der Waals surface area contributed by atoms with Gasteiger partial charge in [0.05, 0.1) is 25.3 Å². The number of hydrogen-bond donors (Lipinski definition) is 4. The van der Waals surface area contributed by atoms with Crippen LogP contribution >= 0.6 is 7.82 Å². The smallest absolute Gasteiger partial charge is 0.466 e. The number of para-hydroxylation sites is 1. The summed E-state index contributed by atoms with van der Waals surface area (Å²) in [5, 5.41) is 0. The van der Waals surface area contributed by atoms with Crippen molar-refractivity contribution in [1.82, 2.24) is 9.97 Å². The maximum Gasteiger partial charge on any atom is 0.466 e. The highest BCUT2D eigenvalue weighted by Gasteiger charge is 2.12. The van der Waals surface area contributed by atoms with E-state index in [4.69, 9.17) is 28.7 Å². The Morgan fingerprint density at radius 1 is 1.07 bits per heavy atom. The molecule has 0 aliphatic rings. The molecule has 0 aliphatic carbocycles. The van der Waals surface area contributed by atoms with Crippen LogP contribution < -0.4 is 4.74 Å². The number of benzene rings is 2. The number of aromatic amines is 1. The minimum absolute atomic E-state index is 0.396. The molecule has 28 heavy (non-hydrogen) atoms. The molecular formula is C18H19N2O7P.